The summed E-state index contributed by atoms with van der Waals surface area (Å²) in [6, 6.07) is 10.2. The van der Waals surface area contributed by atoms with Gasteiger partial charge in [0.05, 0.1) is 7.11 Å². The number of hydrogen-bond acceptors (Lipinski definition) is 2. The minimum Gasteiger partial charge on any atom is -0.466 e. The SMILES string of the molecule is COC(=O)/C=C\[C@H](c1ccccc1)[C@H]1C=CC=CC1. The maximum absolute atomic E-state index is 11.3. The largest absolute Gasteiger partial charge is 0.466 e. The van der Waals surface area contributed by atoms with Crippen molar-refractivity contribution < 1.29 is 9.53 Å². The fourth-order valence-electron chi connectivity index (χ4n) is 2.29. The van der Waals surface area contributed by atoms with Crippen molar-refractivity contribution in [1.82, 2.24) is 0 Å². The van der Waals surface area contributed by atoms with Gasteiger partial charge in [0.25, 0.3) is 0 Å². The Morgan fingerprint density at radius 3 is 2.74 bits per heavy atom. The molecule has 2 nitrogen and oxygen atoms in total. The lowest BCUT2D eigenvalue weighted by Gasteiger charge is -2.22. The van der Waals surface area contributed by atoms with Crippen LogP contribution >= 0.6 is 0 Å². The molecule has 2 rings (SSSR count). The highest BCUT2D eigenvalue weighted by molar-refractivity contribution is 5.81. The van der Waals surface area contributed by atoms with E-state index in [0.717, 1.165) is 6.42 Å². The highest BCUT2D eigenvalue weighted by atomic mass is 16.5. The molecule has 0 spiro atoms. The molecule has 0 aromatic heterocycles. The lowest BCUT2D eigenvalue weighted by molar-refractivity contribution is -0.134. The second-order valence-corrected chi connectivity index (χ2v) is 4.53. The lowest BCUT2D eigenvalue weighted by Crippen LogP contribution is -2.10. The van der Waals surface area contributed by atoms with E-state index in [0.29, 0.717) is 5.92 Å². The minimum atomic E-state index is -0.309. The zero-order valence-electron chi connectivity index (χ0n) is 11.0. The molecule has 0 aliphatic heterocycles. The Kier molecular flexibility index (Phi) is 4.73. The van der Waals surface area contributed by atoms with Crippen LogP contribution in [-0.2, 0) is 9.53 Å². The van der Waals surface area contributed by atoms with E-state index in [1.54, 1.807) is 0 Å². The fraction of sp³-hybridized carbons (Fsp3) is 0.235. The number of methoxy groups -OCH3 is 1. The molecule has 0 amide bonds. The lowest BCUT2D eigenvalue weighted by atomic mass is 9.82. The average Bonchev–Trinajstić information content (AvgIpc) is 2.49. The molecule has 1 aliphatic rings. The van der Waals surface area contributed by atoms with E-state index in [1.165, 1.54) is 18.7 Å². The smallest absolute Gasteiger partial charge is 0.330 e. The second kappa shape index (κ2) is 6.74. The molecule has 1 aromatic carbocycles. The monoisotopic (exact) mass is 254 g/mol. The molecule has 0 unspecified atom stereocenters. The Labute approximate surface area is 114 Å². The molecule has 1 aromatic rings. The van der Waals surface area contributed by atoms with Crippen LogP contribution in [0.2, 0.25) is 0 Å². The first-order chi connectivity index (χ1) is 9.31. The third kappa shape index (κ3) is 3.68. The molecule has 19 heavy (non-hydrogen) atoms. The van der Waals surface area contributed by atoms with E-state index >= 15 is 0 Å². The minimum absolute atomic E-state index is 0.196. The van der Waals surface area contributed by atoms with Crippen LogP contribution in [0.15, 0.2) is 66.8 Å². The van der Waals surface area contributed by atoms with Crippen molar-refractivity contribution in [3.63, 3.8) is 0 Å². The first-order valence-corrected chi connectivity index (χ1v) is 6.45. The molecule has 0 N–H and O–H groups in total. The Morgan fingerprint density at radius 1 is 1.32 bits per heavy atom. The van der Waals surface area contributed by atoms with Crippen LogP contribution in [0.3, 0.4) is 0 Å². The van der Waals surface area contributed by atoms with E-state index in [4.69, 9.17) is 0 Å². The number of hydrogen-bond donors (Lipinski definition) is 0. The van der Waals surface area contributed by atoms with Crippen molar-refractivity contribution in [2.75, 3.05) is 7.11 Å². The van der Waals surface area contributed by atoms with Gasteiger partial charge in [-0.3, -0.25) is 0 Å². The van der Waals surface area contributed by atoms with Gasteiger partial charge >= 0.3 is 5.97 Å². The van der Waals surface area contributed by atoms with Gasteiger partial charge in [-0.1, -0.05) is 60.7 Å². The predicted molar refractivity (Wildman–Crippen MR) is 76.7 cm³/mol. The summed E-state index contributed by atoms with van der Waals surface area (Å²) >= 11 is 0. The van der Waals surface area contributed by atoms with E-state index in [-0.39, 0.29) is 11.9 Å². The van der Waals surface area contributed by atoms with Gasteiger partial charge in [0.2, 0.25) is 0 Å². The van der Waals surface area contributed by atoms with E-state index in [2.05, 4.69) is 41.2 Å². The Hall–Kier alpha value is -2.09. The maximum Gasteiger partial charge on any atom is 0.330 e. The van der Waals surface area contributed by atoms with Crippen LogP contribution in [0, 0.1) is 5.92 Å². The number of rotatable bonds is 4. The third-order valence-corrected chi connectivity index (χ3v) is 3.30. The molecular weight excluding hydrogens is 236 g/mol. The molecule has 0 bridgehead atoms. The first kappa shape index (κ1) is 13.3. The van der Waals surface area contributed by atoms with Crippen LogP contribution in [-0.4, -0.2) is 13.1 Å². The summed E-state index contributed by atoms with van der Waals surface area (Å²) in [5.74, 6) is 0.270. The van der Waals surface area contributed by atoms with Crippen molar-refractivity contribution in [2.24, 2.45) is 5.92 Å². The fourth-order valence-corrected chi connectivity index (χ4v) is 2.29. The van der Waals surface area contributed by atoms with Crippen molar-refractivity contribution in [3.05, 3.63) is 72.4 Å². The van der Waals surface area contributed by atoms with Gasteiger partial charge < -0.3 is 4.74 Å². The van der Waals surface area contributed by atoms with Crippen LogP contribution in [0.5, 0.6) is 0 Å². The molecule has 0 heterocycles. The van der Waals surface area contributed by atoms with Gasteiger partial charge in [0.1, 0.15) is 0 Å². The third-order valence-electron chi connectivity index (χ3n) is 3.30. The van der Waals surface area contributed by atoms with E-state index in [9.17, 15) is 4.79 Å². The quantitative estimate of drug-likeness (QED) is 0.606. The standard InChI is InChI=1S/C17H18O2/c1-19-17(18)13-12-16(14-8-4-2-5-9-14)15-10-6-3-7-11-15/h2-10,12-13,15-16H,11H2,1H3/b13-12-/t15-,16+/m0/s1. The summed E-state index contributed by atoms with van der Waals surface area (Å²) in [6.45, 7) is 0. The van der Waals surface area contributed by atoms with Crippen LogP contribution < -0.4 is 0 Å². The van der Waals surface area contributed by atoms with Gasteiger partial charge in [-0.05, 0) is 17.9 Å². The summed E-state index contributed by atoms with van der Waals surface area (Å²) in [5, 5.41) is 0. The van der Waals surface area contributed by atoms with E-state index in [1.807, 2.05) is 24.3 Å². The highest BCUT2D eigenvalue weighted by Gasteiger charge is 2.18. The summed E-state index contributed by atoms with van der Waals surface area (Å²) in [7, 11) is 1.40. The molecule has 0 saturated heterocycles. The summed E-state index contributed by atoms with van der Waals surface area (Å²) in [6.07, 6.45) is 12.9. The number of benzene rings is 1. The predicted octanol–water partition coefficient (Wildman–Crippen LogP) is 3.63. The topological polar surface area (TPSA) is 26.3 Å². The van der Waals surface area contributed by atoms with Crippen molar-refractivity contribution >= 4 is 5.97 Å². The van der Waals surface area contributed by atoms with Crippen molar-refractivity contribution in [1.29, 1.82) is 0 Å². The second-order valence-electron chi connectivity index (χ2n) is 4.53. The van der Waals surface area contributed by atoms with Crippen LogP contribution in [0.4, 0.5) is 0 Å². The summed E-state index contributed by atoms with van der Waals surface area (Å²) in [5.41, 5.74) is 1.22. The van der Waals surface area contributed by atoms with Gasteiger partial charge in [-0.15, -0.1) is 0 Å². The number of esters is 1. The average molecular weight is 254 g/mol. The van der Waals surface area contributed by atoms with E-state index < -0.39 is 0 Å². The zero-order chi connectivity index (χ0) is 13.5. The molecule has 2 atom stereocenters. The molecule has 0 fully saturated rings. The van der Waals surface area contributed by atoms with Gasteiger partial charge in [0.15, 0.2) is 0 Å². The Balaban J connectivity index is 2.23. The first-order valence-electron chi connectivity index (χ1n) is 6.45. The zero-order valence-corrected chi connectivity index (χ0v) is 11.0. The summed E-state index contributed by atoms with van der Waals surface area (Å²) in [4.78, 5) is 11.3. The molecule has 98 valence electrons. The van der Waals surface area contributed by atoms with Gasteiger partial charge in [0, 0.05) is 12.0 Å². The number of carbonyl (C=O) groups excluding carboxylic acids is 1. The molecule has 1 aliphatic carbocycles. The van der Waals surface area contributed by atoms with Gasteiger partial charge in [-0.2, -0.15) is 0 Å². The van der Waals surface area contributed by atoms with Crippen molar-refractivity contribution in [2.45, 2.75) is 12.3 Å². The number of ether oxygens (including phenoxy) is 1. The maximum atomic E-state index is 11.3. The van der Waals surface area contributed by atoms with Crippen LogP contribution in [0.1, 0.15) is 17.9 Å². The number of allylic oxidation sites excluding steroid dienone is 5. The molecule has 2 heteroatoms. The Morgan fingerprint density at radius 2 is 2.11 bits per heavy atom. The molecule has 0 saturated carbocycles. The highest BCUT2D eigenvalue weighted by Crippen LogP contribution is 2.31. The van der Waals surface area contributed by atoms with Gasteiger partial charge in [-0.25, -0.2) is 4.79 Å². The van der Waals surface area contributed by atoms with Crippen molar-refractivity contribution in [3.8, 4) is 0 Å². The normalized spacial score (nSPS) is 19.5. The Bertz CT molecular complexity index is 497. The summed E-state index contributed by atoms with van der Waals surface area (Å²) < 4.78 is 4.67. The molecule has 0 radical (unpaired) electrons. The van der Waals surface area contributed by atoms with Crippen LogP contribution in [0.25, 0.3) is 0 Å². The number of carbonyl (C=O) groups is 1. The molecular formula is C17H18O2.